The molecule has 2 heterocycles. The predicted molar refractivity (Wildman–Crippen MR) is 92.3 cm³/mol. The summed E-state index contributed by atoms with van der Waals surface area (Å²) in [5, 5.41) is 13.9. The summed E-state index contributed by atoms with van der Waals surface area (Å²) in [5.41, 5.74) is 0.774. The molecule has 0 saturated heterocycles. The summed E-state index contributed by atoms with van der Waals surface area (Å²) >= 11 is 0. The van der Waals surface area contributed by atoms with E-state index in [1.54, 1.807) is 30.3 Å². The zero-order valence-corrected chi connectivity index (χ0v) is 14.9. The van der Waals surface area contributed by atoms with Crippen molar-refractivity contribution in [2.24, 2.45) is 5.92 Å². The number of ether oxygens (including phenoxy) is 1. The van der Waals surface area contributed by atoms with Crippen LogP contribution < -0.4 is 10.6 Å². The van der Waals surface area contributed by atoms with Gasteiger partial charge in [-0.15, -0.1) is 0 Å². The van der Waals surface area contributed by atoms with Gasteiger partial charge in [-0.3, -0.25) is 14.3 Å². The maximum absolute atomic E-state index is 12.4. The van der Waals surface area contributed by atoms with Gasteiger partial charge in [0.1, 0.15) is 6.73 Å². The summed E-state index contributed by atoms with van der Waals surface area (Å²) in [4.78, 5) is 24.7. The average Bonchev–Trinajstić information content (AvgIpc) is 3.20. The summed E-state index contributed by atoms with van der Waals surface area (Å²) in [6.07, 6.45) is 3.28. The molecule has 2 aromatic heterocycles. The van der Waals surface area contributed by atoms with Gasteiger partial charge in [-0.2, -0.15) is 10.2 Å². The summed E-state index contributed by atoms with van der Waals surface area (Å²) < 4.78 is 8.06. The standard InChI is InChI=1S/C16H24N6O3/c1-5-21-9-13(14(20-21)16(24)17-8-11(2)3)18-15(23)12-6-7-22(19-12)10-25-4/h6-7,9,11H,5,8,10H2,1-4H3,(H,17,24)(H,18,23). The molecule has 9 nitrogen and oxygen atoms in total. The lowest BCUT2D eigenvalue weighted by Gasteiger charge is -2.07. The van der Waals surface area contributed by atoms with E-state index in [1.165, 1.54) is 4.68 Å². The maximum atomic E-state index is 12.4. The van der Waals surface area contributed by atoms with Gasteiger partial charge in [0.25, 0.3) is 11.8 Å². The van der Waals surface area contributed by atoms with Crippen molar-refractivity contribution >= 4 is 17.5 Å². The van der Waals surface area contributed by atoms with Gasteiger partial charge in [0.2, 0.25) is 0 Å². The van der Waals surface area contributed by atoms with Crippen molar-refractivity contribution < 1.29 is 14.3 Å². The van der Waals surface area contributed by atoms with E-state index in [0.717, 1.165) is 0 Å². The fraction of sp³-hybridized carbons (Fsp3) is 0.500. The normalized spacial score (nSPS) is 10.9. The van der Waals surface area contributed by atoms with Crippen LogP contribution in [0, 0.1) is 5.92 Å². The number of hydrogen-bond acceptors (Lipinski definition) is 5. The molecule has 9 heteroatoms. The molecule has 25 heavy (non-hydrogen) atoms. The first-order valence-electron chi connectivity index (χ1n) is 8.14. The van der Waals surface area contributed by atoms with Gasteiger partial charge < -0.3 is 15.4 Å². The fourth-order valence-electron chi connectivity index (χ4n) is 2.10. The molecular formula is C16H24N6O3. The zero-order chi connectivity index (χ0) is 18.4. The van der Waals surface area contributed by atoms with E-state index >= 15 is 0 Å². The quantitative estimate of drug-likeness (QED) is 0.749. The lowest BCUT2D eigenvalue weighted by molar-refractivity contribution is 0.0944. The van der Waals surface area contributed by atoms with Crippen LogP contribution in [0.25, 0.3) is 0 Å². The number of carbonyl (C=O) groups excluding carboxylic acids is 2. The van der Waals surface area contributed by atoms with E-state index in [4.69, 9.17) is 4.74 Å². The Bertz CT molecular complexity index is 734. The highest BCUT2D eigenvalue weighted by molar-refractivity contribution is 6.07. The predicted octanol–water partition coefficient (Wildman–Crippen LogP) is 1.34. The van der Waals surface area contributed by atoms with Gasteiger partial charge in [0, 0.05) is 32.6 Å². The third-order valence-electron chi connectivity index (χ3n) is 3.35. The Kier molecular flexibility index (Phi) is 6.29. The molecule has 0 atom stereocenters. The van der Waals surface area contributed by atoms with Gasteiger partial charge >= 0.3 is 0 Å². The summed E-state index contributed by atoms with van der Waals surface area (Å²) in [6.45, 7) is 7.29. The Morgan fingerprint density at radius 2 is 2.00 bits per heavy atom. The first kappa shape index (κ1) is 18.7. The molecule has 2 rings (SSSR count). The van der Waals surface area contributed by atoms with E-state index in [2.05, 4.69) is 20.8 Å². The summed E-state index contributed by atoms with van der Waals surface area (Å²) in [7, 11) is 1.54. The molecule has 0 fully saturated rings. The van der Waals surface area contributed by atoms with Crippen molar-refractivity contribution in [2.45, 2.75) is 34.0 Å². The minimum Gasteiger partial charge on any atom is -0.362 e. The molecule has 0 spiro atoms. The number of carbonyl (C=O) groups is 2. The third kappa shape index (κ3) is 4.90. The first-order valence-corrected chi connectivity index (χ1v) is 8.14. The van der Waals surface area contributed by atoms with Crippen LogP contribution in [0.2, 0.25) is 0 Å². The molecule has 0 aliphatic rings. The number of methoxy groups -OCH3 is 1. The second kappa shape index (κ2) is 8.43. The molecule has 2 N–H and O–H groups in total. The van der Waals surface area contributed by atoms with Crippen LogP contribution in [0.3, 0.4) is 0 Å². The Balaban J connectivity index is 2.15. The monoisotopic (exact) mass is 348 g/mol. The van der Waals surface area contributed by atoms with Crippen LogP contribution in [0.15, 0.2) is 18.5 Å². The number of nitrogens with zero attached hydrogens (tertiary/aromatic N) is 4. The second-order valence-corrected chi connectivity index (χ2v) is 5.96. The van der Waals surface area contributed by atoms with Crippen molar-refractivity contribution in [3.63, 3.8) is 0 Å². The van der Waals surface area contributed by atoms with E-state index in [9.17, 15) is 9.59 Å². The molecule has 0 aromatic carbocycles. The molecule has 0 radical (unpaired) electrons. The van der Waals surface area contributed by atoms with Crippen LogP contribution in [-0.4, -0.2) is 45.0 Å². The molecule has 0 unspecified atom stereocenters. The number of rotatable bonds is 8. The largest absolute Gasteiger partial charge is 0.362 e. The highest BCUT2D eigenvalue weighted by Crippen LogP contribution is 2.15. The summed E-state index contributed by atoms with van der Waals surface area (Å²) in [6, 6.07) is 1.58. The Labute approximate surface area is 146 Å². The topological polar surface area (TPSA) is 103 Å². The first-order chi connectivity index (χ1) is 11.9. The molecule has 0 bridgehead atoms. The zero-order valence-electron chi connectivity index (χ0n) is 14.9. The minimum absolute atomic E-state index is 0.187. The van der Waals surface area contributed by atoms with Crippen LogP contribution in [0.4, 0.5) is 5.69 Å². The highest BCUT2D eigenvalue weighted by atomic mass is 16.5. The van der Waals surface area contributed by atoms with E-state index in [0.29, 0.717) is 24.7 Å². The molecule has 2 amide bonds. The number of anilines is 1. The number of nitrogens with one attached hydrogen (secondary N) is 2. The van der Waals surface area contributed by atoms with Crippen LogP contribution in [0.5, 0.6) is 0 Å². The Morgan fingerprint density at radius 3 is 2.64 bits per heavy atom. The van der Waals surface area contributed by atoms with E-state index < -0.39 is 5.91 Å². The molecule has 0 aliphatic heterocycles. The number of aryl methyl sites for hydroxylation is 1. The fourth-order valence-corrected chi connectivity index (χ4v) is 2.10. The third-order valence-corrected chi connectivity index (χ3v) is 3.35. The second-order valence-electron chi connectivity index (χ2n) is 5.96. The molecule has 2 aromatic rings. The SMILES string of the molecule is CCn1cc(NC(=O)c2ccn(COC)n2)c(C(=O)NCC(C)C)n1. The maximum Gasteiger partial charge on any atom is 0.276 e. The molecule has 0 aliphatic carbocycles. The Morgan fingerprint density at radius 1 is 1.24 bits per heavy atom. The summed E-state index contributed by atoms with van der Waals surface area (Å²) in [5.74, 6) is -0.412. The van der Waals surface area contributed by atoms with Crippen molar-refractivity contribution in [3.8, 4) is 0 Å². The van der Waals surface area contributed by atoms with Crippen molar-refractivity contribution in [1.82, 2.24) is 24.9 Å². The van der Waals surface area contributed by atoms with Crippen LogP contribution in [0.1, 0.15) is 41.7 Å². The molecule has 136 valence electrons. The van der Waals surface area contributed by atoms with Crippen molar-refractivity contribution in [2.75, 3.05) is 19.0 Å². The van der Waals surface area contributed by atoms with Gasteiger partial charge in [-0.1, -0.05) is 13.8 Å². The number of amides is 2. The molecular weight excluding hydrogens is 324 g/mol. The Hall–Kier alpha value is -2.68. The highest BCUT2D eigenvalue weighted by Gasteiger charge is 2.20. The van der Waals surface area contributed by atoms with E-state index in [-0.39, 0.29) is 24.0 Å². The number of hydrogen-bond donors (Lipinski definition) is 2. The minimum atomic E-state index is -0.414. The van der Waals surface area contributed by atoms with Gasteiger partial charge in [-0.05, 0) is 18.9 Å². The lowest BCUT2D eigenvalue weighted by atomic mass is 10.2. The van der Waals surface area contributed by atoms with Gasteiger partial charge in [0.05, 0.1) is 5.69 Å². The van der Waals surface area contributed by atoms with Crippen molar-refractivity contribution in [3.05, 3.63) is 29.8 Å². The lowest BCUT2D eigenvalue weighted by Crippen LogP contribution is -2.28. The average molecular weight is 348 g/mol. The van der Waals surface area contributed by atoms with Crippen LogP contribution >= 0.6 is 0 Å². The molecule has 0 saturated carbocycles. The van der Waals surface area contributed by atoms with Gasteiger partial charge in [-0.25, -0.2) is 4.68 Å². The van der Waals surface area contributed by atoms with Crippen LogP contribution in [-0.2, 0) is 18.0 Å². The van der Waals surface area contributed by atoms with Gasteiger partial charge in [0.15, 0.2) is 11.4 Å². The smallest absolute Gasteiger partial charge is 0.276 e. The van der Waals surface area contributed by atoms with E-state index in [1.807, 2.05) is 20.8 Å². The number of aromatic nitrogens is 4. The van der Waals surface area contributed by atoms with Crippen molar-refractivity contribution in [1.29, 1.82) is 0 Å².